The van der Waals surface area contributed by atoms with Crippen molar-refractivity contribution in [3.05, 3.63) is 60.0 Å². The van der Waals surface area contributed by atoms with E-state index in [2.05, 4.69) is 4.98 Å². The largest absolute Gasteiger partial charge is 0.361 e. The summed E-state index contributed by atoms with van der Waals surface area (Å²) in [6.45, 7) is 0.542. The number of sulfonamides is 1. The maximum Gasteiger partial charge on any atom is 0.244 e. The van der Waals surface area contributed by atoms with Gasteiger partial charge >= 0.3 is 0 Å². The molecular formula is C20H21FN2O4S2. The first kappa shape index (κ1) is 20.1. The van der Waals surface area contributed by atoms with Gasteiger partial charge in [-0.15, -0.1) is 0 Å². The molecule has 6 nitrogen and oxygen atoms in total. The lowest BCUT2D eigenvalue weighted by atomic mass is 9.90. The van der Waals surface area contributed by atoms with Crippen LogP contribution in [0.2, 0.25) is 0 Å². The van der Waals surface area contributed by atoms with E-state index in [1.807, 2.05) is 6.20 Å². The van der Waals surface area contributed by atoms with Crippen molar-refractivity contribution in [3.63, 3.8) is 0 Å². The fraction of sp³-hybridized carbons (Fsp3) is 0.300. The topological polar surface area (TPSA) is 87.3 Å². The highest BCUT2D eigenvalue weighted by Crippen LogP contribution is 2.35. The summed E-state index contributed by atoms with van der Waals surface area (Å²) in [6.07, 6.45) is 4.01. The van der Waals surface area contributed by atoms with Gasteiger partial charge in [-0.1, -0.05) is 12.1 Å². The Morgan fingerprint density at radius 3 is 2.31 bits per heavy atom. The van der Waals surface area contributed by atoms with E-state index < -0.39 is 19.9 Å². The van der Waals surface area contributed by atoms with Crippen LogP contribution in [0.5, 0.6) is 0 Å². The number of piperidine rings is 1. The normalized spacial score (nSPS) is 17.0. The molecule has 4 rings (SSSR count). The molecule has 1 aliphatic heterocycles. The van der Waals surface area contributed by atoms with Crippen molar-refractivity contribution in [1.82, 2.24) is 9.29 Å². The molecule has 3 aromatic rings. The van der Waals surface area contributed by atoms with Gasteiger partial charge in [0.15, 0.2) is 9.84 Å². The summed E-state index contributed by atoms with van der Waals surface area (Å²) in [6, 6.07) is 10.3. The lowest BCUT2D eigenvalue weighted by Gasteiger charge is -2.31. The van der Waals surface area contributed by atoms with Gasteiger partial charge in [-0.25, -0.2) is 21.2 Å². The zero-order valence-corrected chi connectivity index (χ0v) is 17.4. The number of hydrogen-bond acceptors (Lipinski definition) is 4. The molecule has 0 spiro atoms. The second-order valence-electron chi connectivity index (χ2n) is 7.33. The molecule has 0 amide bonds. The highest BCUT2D eigenvalue weighted by Gasteiger charge is 2.33. The zero-order valence-electron chi connectivity index (χ0n) is 15.8. The van der Waals surface area contributed by atoms with Gasteiger partial charge in [-0.2, -0.15) is 4.31 Å². The van der Waals surface area contributed by atoms with Gasteiger partial charge in [0, 0.05) is 36.4 Å². The van der Waals surface area contributed by atoms with E-state index in [1.54, 1.807) is 6.07 Å². The van der Waals surface area contributed by atoms with Crippen LogP contribution in [0.15, 0.2) is 58.5 Å². The SMILES string of the molecule is CS(=O)(=O)c1ccccc1S(=O)(=O)N1CCC(c2c[nH]c3ccc(F)cc23)CC1. The Morgan fingerprint density at radius 2 is 1.66 bits per heavy atom. The van der Waals surface area contributed by atoms with Gasteiger partial charge in [-0.05, 0) is 54.7 Å². The molecule has 154 valence electrons. The van der Waals surface area contributed by atoms with Gasteiger partial charge in [0.1, 0.15) is 10.7 Å². The molecule has 0 bridgehead atoms. The lowest BCUT2D eigenvalue weighted by molar-refractivity contribution is 0.319. The summed E-state index contributed by atoms with van der Waals surface area (Å²) in [4.78, 5) is 2.77. The minimum atomic E-state index is -3.93. The van der Waals surface area contributed by atoms with Crippen LogP contribution in [0.4, 0.5) is 4.39 Å². The molecule has 1 aromatic heterocycles. The molecule has 2 aromatic carbocycles. The second kappa shape index (κ2) is 7.23. The molecule has 0 unspecified atom stereocenters. The van der Waals surface area contributed by atoms with Crippen LogP contribution in [0, 0.1) is 5.82 Å². The van der Waals surface area contributed by atoms with E-state index in [0.29, 0.717) is 12.8 Å². The molecule has 0 aliphatic carbocycles. The predicted octanol–water partition coefficient (Wildman–Crippen LogP) is 3.28. The third-order valence-electron chi connectivity index (χ3n) is 5.44. The highest BCUT2D eigenvalue weighted by molar-refractivity contribution is 7.93. The summed E-state index contributed by atoms with van der Waals surface area (Å²) >= 11 is 0. The Balaban J connectivity index is 1.59. The molecule has 0 atom stereocenters. The summed E-state index contributed by atoms with van der Waals surface area (Å²) < 4.78 is 65.3. The van der Waals surface area contributed by atoms with Crippen molar-refractivity contribution >= 4 is 30.8 Å². The number of sulfone groups is 1. The number of nitrogens with one attached hydrogen (secondary N) is 1. The van der Waals surface area contributed by atoms with Crippen LogP contribution in [0.1, 0.15) is 24.3 Å². The Hall–Kier alpha value is -2.23. The van der Waals surface area contributed by atoms with Gasteiger partial charge in [0.2, 0.25) is 10.0 Å². The number of halogens is 1. The van der Waals surface area contributed by atoms with E-state index >= 15 is 0 Å². The number of hydrogen-bond donors (Lipinski definition) is 1. The molecule has 1 aliphatic rings. The van der Waals surface area contributed by atoms with Crippen LogP contribution in [-0.4, -0.2) is 45.5 Å². The summed E-state index contributed by atoms with van der Waals surface area (Å²) in [5, 5.41) is 0.814. The molecular weight excluding hydrogens is 415 g/mol. The molecule has 0 radical (unpaired) electrons. The number of H-pyrrole nitrogens is 1. The van der Waals surface area contributed by atoms with E-state index in [0.717, 1.165) is 22.7 Å². The Morgan fingerprint density at radius 1 is 1.00 bits per heavy atom. The minimum absolute atomic E-state index is 0.0992. The molecule has 1 saturated heterocycles. The third kappa shape index (κ3) is 3.70. The molecule has 2 heterocycles. The molecule has 0 saturated carbocycles. The van der Waals surface area contributed by atoms with Crippen LogP contribution >= 0.6 is 0 Å². The van der Waals surface area contributed by atoms with Crippen LogP contribution < -0.4 is 0 Å². The zero-order chi connectivity index (χ0) is 20.8. The number of benzene rings is 2. The maximum absolute atomic E-state index is 13.7. The van der Waals surface area contributed by atoms with Crippen LogP contribution in [0.25, 0.3) is 10.9 Å². The Labute approximate surface area is 169 Å². The Bertz CT molecular complexity index is 1270. The van der Waals surface area contributed by atoms with Gasteiger partial charge in [0.25, 0.3) is 0 Å². The first-order chi connectivity index (χ1) is 13.7. The van der Waals surface area contributed by atoms with Crippen LogP contribution in [-0.2, 0) is 19.9 Å². The van der Waals surface area contributed by atoms with E-state index in [-0.39, 0.29) is 34.6 Å². The number of aromatic nitrogens is 1. The van der Waals surface area contributed by atoms with Gasteiger partial charge in [-0.3, -0.25) is 0 Å². The minimum Gasteiger partial charge on any atom is -0.361 e. The smallest absolute Gasteiger partial charge is 0.244 e. The maximum atomic E-state index is 13.7. The van der Waals surface area contributed by atoms with Crippen molar-refractivity contribution in [1.29, 1.82) is 0 Å². The summed E-state index contributed by atoms with van der Waals surface area (Å²) in [5.41, 5.74) is 1.83. The van der Waals surface area contributed by atoms with Crippen LogP contribution in [0.3, 0.4) is 0 Å². The average Bonchev–Trinajstić information content (AvgIpc) is 3.10. The lowest BCUT2D eigenvalue weighted by Crippen LogP contribution is -2.38. The molecule has 29 heavy (non-hydrogen) atoms. The monoisotopic (exact) mass is 436 g/mol. The average molecular weight is 437 g/mol. The summed E-state index contributed by atoms with van der Waals surface area (Å²) in [7, 11) is -7.61. The summed E-state index contributed by atoms with van der Waals surface area (Å²) in [5.74, 6) is -0.210. The number of fused-ring (bicyclic) bond motifs is 1. The molecule has 9 heteroatoms. The van der Waals surface area contributed by atoms with Crippen molar-refractivity contribution in [2.45, 2.75) is 28.6 Å². The van der Waals surface area contributed by atoms with E-state index in [4.69, 9.17) is 0 Å². The van der Waals surface area contributed by atoms with Gasteiger partial charge in [0.05, 0.1) is 4.90 Å². The van der Waals surface area contributed by atoms with Crippen molar-refractivity contribution in [2.75, 3.05) is 19.3 Å². The number of nitrogens with zero attached hydrogens (tertiary/aromatic N) is 1. The van der Waals surface area contributed by atoms with E-state index in [1.165, 1.54) is 40.7 Å². The van der Waals surface area contributed by atoms with Crippen molar-refractivity contribution < 1.29 is 21.2 Å². The first-order valence-corrected chi connectivity index (χ1v) is 12.6. The van der Waals surface area contributed by atoms with Crippen molar-refractivity contribution in [2.24, 2.45) is 0 Å². The molecule has 1 N–H and O–H groups in total. The standard InChI is InChI=1S/C20H21FN2O4S2/c1-28(24,25)19-4-2-3-5-20(19)29(26,27)23-10-8-14(9-11-23)17-13-22-18-7-6-15(21)12-16(17)18/h2-7,12-14,22H,8-11H2,1H3. The number of rotatable bonds is 4. The first-order valence-electron chi connectivity index (χ1n) is 9.24. The Kier molecular flexibility index (Phi) is 5.00. The van der Waals surface area contributed by atoms with Crippen molar-refractivity contribution in [3.8, 4) is 0 Å². The van der Waals surface area contributed by atoms with Gasteiger partial charge < -0.3 is 4.98 Å². The highest BCUT2D eigenvalue weighted by atomic mass is 32.2. The predicted molar refractivity (Wildman–Crippen MR) is 109 cm³/mol. The fourth-order valence-electron chi connectivity index (χ4n) is 3.97. The quantitative estimate of drug-likeness (QED) is 0.680. The second-order valence-corrected chi connectivity index (χ2v) is 11.2. The molecule has 1 fully saturated rings. The number of aromatic amines is 1. The third-order valence-corrected chi connectivity index (χ3v) is 8.68. The van der Waals surface area contributed by atoms with E-state index in [9.17, 15) is 21.2 Å². The fourth-order valence-corrected chi connectivity index (χ4v) is 7.04.